The van der Waals surface area contributed by atoms with Crippen molar-refractivity contribution in [3.63, 3.8) is 0 Å². The highest BCUT2D eigenvalue weighted by Gasteiger charge is 1.99. The molecule has 0 aromatic heterocycles. The molecule has 0 saturated carbocycles. The van der Waals surface area contributed by atoms with Gasteiger partial charge in [-0.2, -0.15) is 0 Å². The van der Waals surface area contributed by atoms with Crippen molar-refractivity contribution >= 4 is 29.3 Å². The minimum absolute atomic E-state index is 0.0680. The number of carbonyl (C=O) groups excluding carboxylic acids is 1. The van der Waals surface area contributed by atoms with E-state index in [1.165, 1.54) is 18.2 Å². The molecule has 0 atom stereocenters. The summed E-state index contributed by atoms with van der Waals surface area (Å²) < 4.78 is 12.6. The Hall–Kier alpha value is -1.79. The van der Waals surface area contributed by atoms with Crippen LogP contribution >= 0.6 is 12.2 Å². The average molecular weight is 268 g/mol. The lowest BCUT2D eigenvalue weighted by Gasteiger charge is -2.05. The first-order chi connectivity index (χ1) is 8.61. The third kappa shape index (κ3) is 5.51. The summed E-state index contributed by atoms with van der Waals surface area (Å²) in [7, 11) is 0. The SMILES string of the molecule is O=C(C=Cc1ccc(F)cc1)NC(=S)NCCO. The van der Waals surface area contributed by atoms with Gasteiger partial charge in [-0.15, -0.1) is 0 Å². The number of halogens is 1. The highest BCUT2D eigenvalue weighted by atomic mass is 32.1. The molecule has 0 heterocycles. The van der Waals surface area contributed by atoms with Gasteiger partial charge in [-0.05, 0) is 36.0 Å². The average Bonchev–Trinajstić information content (AvgIpc) is 2.35. The van der Waals surface area contributed by atoms with E-state index in [9.17, 15) is 9.18 Å². The predicted molar refractivity (Wildman–Crippen MR) is 71.3 cm³/mol. The van der Waals surface area contributed by atoms with E-state index in [0.717, 1.165) is 0 Å². The molecule has 0 saturated heterocycles. The monoisotopic (exact) mass is 268 g/mol. The summed E-state index contributed by atoms with van der Waals surface area (Å²) >= 11 is 4.81. The fourth-order valence-electron chi connectivity index (χ4n) is 1.11. The van der Waals surface area contributed by atoms with E-state index >= 15 is 0 Å². The highest BCUT2D eigenvalue weighted by molar-refractivity contribution is 7.80. The Bertz CT molecular complexity index is 446. The van der Waals surface area contributed by atoms with Crippen molar-refractivity contribution in [2.24, 2.45) is 0 Å². The van der Waals surface area contributed by atoms with Crippen molar-refractivity contribution < 1.29 is 14.3 Å². The third-order valence-corrected chi connectivity index (χ3v) is 2.18. The van der Waals surface area contributed by atoms with Gasteiger partial charge in [0.15, 0.2) is 5.11 Å². The van der Waals surface area contributed by atoms with Gasteiger partial charge < -0.3 is 10.4 Å². The molecule has 0 radical (unpaired) electrons. The fraction of sp³-hybridized carbons (Fsp3) is 0.167. The molecule has 3 N–H and O–H groups in total. The molecule has 96 valence electrons. The van der Waals surface area contributed by atoms with E-state index in [-0.39, 0.29) is 24.1 Å². The molecule has 0 fully saturated rings. The minimum atomic E-state index is -0.394. The number of benzene rings is 1. The molecular weight excluding hydrogens is 255 g/mol. The molecule has 1 aromatic carbocycles. The molecule has 0 spiro atoms. The summed E-state index contributed by atoms with van der Waals surface area (Å²) in [6.07, 6.45) is 2.84. The van der Waals surface area contributed by atoms with Gasteiger partial charge >= 0.3 is 0 Å². The number of amides is 1. The maximum atomic E-state index is 12.6. The molecule has 0 aliphatic heterocycles. The third-order valence-electron chi connectivity index (χ3n) is 1.93. The van der Waals surface area contributed by atoms with Crippen LogP contribution < -0.4 is 10.6 Å². The van der Waals surface area contributed by atoms with Crippen LogP contribution in [0.15, 0.2) is 30.3 Å². The lowest BCUT2D eigenvalue weighted by Crippen LogP contribution is -2.39. The predicted octanol–water partition coefficient (Wildman–Crippen LogP) is 0.822. The van der Waals surface area contributed by atoms with Gasteiger partial charge in [0.05, 0.1) is 6.61 Å². The standard InChI is InChI=1S/C12H13FN2O2S/c13-10-4-1-9(2-5-10)3-6-11(17)15-12(18)14-7-8-16/h1-6,16H,7-8H2,(H2,14,15,17,18). The van der Waals surface area contributed by atoms with Crippen LogP contribution in [0.3, 0.4) is 0 Å². The Morgan fingerprint density at radius 3 is 2.67 bits per heavy atom. The Morgan fingerprint density at radius 1 is 1.39 bits per heavy atom. The van der Waals surface area contributed by atoms with Gasteiger partial charge in [0.25, 0.3) is 0 Å². The van der Waals surface area contributed by atoms with E-state index in [1.54, 1.807) is 18.2 Å². The topological polar surface area (TPSA) is 61.4 Å². The first kappa shape index (κ1) is 14.3. The van der Waals surface area contributed by atoms with Gasteiger partial charge in [-0.25, -0.2) is 4.39 Å². The number of aliphatic hydroxyl groups is 1. The number of rotatable bonds is 4. The first-order valence-electron chi connectivity index (χ1n) is 5.25. The van der Waals surface area contributed by atoms with Crippen molar-refractivity contribution in [2.75, 3.05) is 13.2 Å². The van der Waals surface area contributed by atoms with Crippen molar-refractivity contribution in [2.45, 2.75) is 0 Å². The molecular formula is C12H13FN2O2S. The summed E-state index contributed by atoms with van der Waals surface area (Å²) in [5.74, 6) is -0.722. The van der Waals surface area contributed by atoms with E-state index in [2.05, 4.69) is 10.6 Å². The summed E-state index contributed by atoms with van der Waals surface area (Å²) in [6.45, 7) is 0.211. The normalized spacial score (nSPS) is 10.3. The maximum Gasteiger partial charge on any atom is 0.250 e. The Kier molecular flexibility index (Phi) is 5.96. The van der Waals surface area contributed by atoms with Crippen molar-refractivity contribution in [1.29, 1.82) is 0 Å². The van der Waals surface area contributed by atoms with Crippen LogP contribution in [0.1, 0.15) is 5.56 Å². The van der Waals surface area contributed by atoms with E-state index < -0.39 is 5.91 Å². The summed E-state index contributed by atoms with van der Waals surface area (Å²) in [4.78, 5) is 11.4. The number of carbonyl (C=O) groups is 1. The van der Waals surface area contributed by atoms with Crippen LogP contribution in [-0.2, 0) is 4.79 Å². The molecule has 1 amide bonds. The molecule has 0 aliphatic carbocycles. The molecule has 0 unspecified atom stereocenters. The molecule has 1 rings (SSSR count). The molecule has 1 aromatic rings. The van der Waals surface area contributed by atoms with Crippen molar-refractivity contribution in [1.82, 2.24) is 10.6 Å². The maximum absolute atomic E-state index is 12.6. The van der Waals surface area contributed by atoms with Crippen LogP contribution in [0.4, 0.5) is 4.39 Å². The van der Waals surface area contributed by atoms with Gasteiger partial charge in [0.1, 0.15) is 5.82 Å². The zero-order chi connectivity index (χ0) is 13.4. The zero-order valence-corrected chi connectivity index (χ0v) is 10.3. The van der Waals surface area contributed by atoms with Crippen LogP contribution in [0.5, 0.6) is 0 Å². The van der Waals surface area contributed by atoms with Gasteiger partial charge in [-0.1, -0.05) is 12.1 Å². The van der Waals surface area contributed by atoms with Gasteiger partial charge in [-0.3, -0.25) is 10.1 Å². The number of hydrogen-bond acceptors (Lipinski definition) is 3. The van der Waals surface area contributed by atoms with Crippen LogP contribution in [-0.4, -0.2) is 29.3 Å². The molecule has 4 nitrogen and oxygen atoms in total. The second kappa shape index (κ2) is 7.52. The van der Waals surface area contributed by atoms with Gasteiger partial charge in [0, 0.05) is 12.6 Å². The van der Waals surface area contributed by atoms with Crippen LogP contribution in [0.2, 0.25) is 0 Å². The van der Waals surface area contributed by atoms with Crippen molar-refractivity contribution in [3.8, 4) is 0 Å². The second-order valence-corrected chi connectivity index (χ2v) is 3.76. The minimum Gasteiger partial charge on any atom is -0.395 e. The lowest BCUT2D eigenvalue weighted by atomic mass is 10.2. The summed E-state index contributed by atoms with van der Waals surface area (Å²) in [6, 6.07) is 5.74. The van der Waals surface area contributed by atoms with Gasteiger partial charge in [0.2, 0.25) is 5.91 Å². The largest absolute Gasteiger partial charge is 0.395 e. The smallest absolute Gasteiger partial charge is 0.250 e. The Labute approximate surface area is 110 Å². The zero-order valence-electron chi connectivity index (χ0n) is 9.52. The Morgan fingerprint density at radius 2 is 2.06 bits per heavy atom. The fourth-order valence-corrected chi connectivity index (χ4v) is 1.32. The number of nitrogens with one attached hydrogen (secondary N) is 2. The summed E-state index contributed by atoms with van der Waals surface area (Å²) in [5, 5.41) is 13.7. The molecule has 6 heteroatoms. The molecule has 0 aliphatic rings. The first-order valence-corrected chi connectivity index (χ1v) is 5.66. The lowest BCUT2D eigenvalue weighted by molar-refractivity contribution is -0.115. The quantitative estimate of drug-likeness (QED) is 0.559. The van der Waals surface area contributed by atoms with E-state index in [4.69, 9.17) is 17.3 Å². The van der Waals surface area contributed by atoms with Crippen LogP contribution in [0, 0.1) is 5.82 Å². The molecule has 0 bridgehead atoms. The van der Waals surface area contributed by atoms with Crippen LogP contribution in [0.25, 0.3) is 6.08 Å². The number of hydrogen-bond donors (Lipinski definition) is 3. The van der Waals surface area contributed by atoms with E-state index in [0.29, 0.717) is 5.56 Å². The highest BCUT2D eigenvalue weighted by Crippen LogP contribution is 2.04. The van der Waals surface area contributed by atoms with E-state index in [1.807, 2.05) is 0 Å². The molecule has 18 heavy (non-hydrogen) atoms. The second-order valence-electron chi connectivity index (χ2n) is 3.35. The summed E-state index contributed by atoms with van der Waals surface area (Å²) in [5.41, 5.74) is 0.709. The Balaban J connectivity index is 2.44. The number of thiocarbonyl (C=S) groups is 1. The number of aliphatic hydroxyl groups excluding tert-OH is 1. The van der Waals surface area contributed by atoms with Crippen molar-refractivity contribution in [3.05, 3.63) is 41.7 Å².